The summed E-state index contributed by atoms with van der Waals surface area (Å²) >= 11 is 1.54. The van der Waals surface area contributed by atoms with Crippen molar-refractivity contribution in [2.45, 2.75) is 44.2 Å². The Morgan fingerprint density at radius 3 is 2.83 bits per heavy atom. The molecule has 0 bridgehead atoms. The van der Waals surface area contributed by atoms with Crippen LogP contribution in [0.15, 0.2) is 28.1 Å². The van der Waals surface area contributed by atoms with Gasteiger partial charge in [-0.3, -0.25) is 9.59 Å². The molecule has 1 saturated heterocycles. The highest BCUT2D eigenvalue weighted by Gasteiger charge is 2.35. The monoisotopic (exact) mass is 432 g/mol. The van der Waals surface area contributed by atoms with E-state index in [0.29, 0.717) is 30.8 Å². The third-order valence-electron chi connectivity index (χ3n) is 5.73. The lowest BCUT2D eigenvalue weighted by Gasteiger charge is -2.40. The minimum Gasteiger partial charge on any atom is -0.393 e. The molecule has 2 aliphatic rings. The van der Waals surface area contributed by atoms with E-state index in [0.717, 1.165) is 43.8 Å². The topological polar surface area (TPSA) is 108 Å². The molecule has 0 unspecified atom stereocenters. The summed E-state index contributed by atoms with van der Waals surface area (Å²) in [5.74, 6) is 0.614. The van der Waals surface area contributed by atoms with Crippen molar-refractivity contribution in [2.75, 3.05) is 26.2 Å². The largest absolute Gasteiger partial charge is 0.393 e. The van der Waals surface area contributed by atoms with E-state index in [4.69, 9.17) is 4.52 Å². The molecule has 3 heterocycles. The van der Waals surface area contributed by atoms with Crippen LogP contribution in [0.5, 0.6) is 0 Å². The number of nitrogens with one attached hydrogen (secondary N) is 2. The molecule has 2 aromatic heterocycles. The second-order valence-electron chi connectivity index (χ2n) is 8.16. The third kappa shape index (κ3) is 5.27. The van der Waals surface area contributed by atoms with Crippen molar-refractivity contribution in [2.24, 2.45) is 5.92 Å². The van der Waals surface area contributed by atoms with Gasteiger partial charge in [0.15, 0.2) is 11.5 Å². The van der Waals surface area contributed by atoms with Crippen LogP contribution in [-0.2, 0) is 4.79 Å². The summed E-state index contributed by atoms with van der Waals surface area (Å²) in [6.07, 6.45) is 4.11. The van der Waals surface area contributed by atoms with Crippen molar-refractivity contribution in [3.05, 3.63) is 29.3 Å². The molecule has 1 aliphatic heterocycles. The molecule has 9 heteroatoms. The smallest absolute Gasteiger partial charge is 0.273 e. The Kier molecular flexibility index (Phi) is 6.81. The zero-order valence-corrected chi connectivity index (χ0v) is 17.7. The molecule has 2 fully saturated rings. The number of aliphatic hydroxyl groups excluding tert-OH is 1. The molecule has 0 radical (unpaired) electrons. The van der Waals surface area contributed by atoms with Gasteiger partial charge >= 0.3 is 0 Å². The molecule has 3 N–H and O–H groups in total. The Bertz CT molecular complexity index is 841. The standard InChI is InChI=1S/C21H28N4O4S/c26-16-9-15(10-16)23-20(27)14-12-25(13-14)7-3-1-2-6-22-21(28)17-11-18(29-24-17)19-5-4-8-30-19/h4-5,8,11,14-16,26H,1-3,6-7,9-10,12-13H2,(H,22,28)(H,23,27)/t15-,16-. The summed E-state index contributed by atoms with van der Waals surface area (Å²) in [7, 11) is 0. The lowest BCUT2D eigenvalue weighted by atomic mass is 9.88. The summed E-state index contributed by atoms with van der Waals surface area (Å²) in [5, 5.41) is 21.0. The van der Waals surface area contributed by atoms with E-state index in [2.05, 4.69) is 20.7 Å². The molecular weight excluding hydrogens is 404 g/mol. The molecule has 0 aromatic carbocycles. The first-order valence-electron chi connectivity index (χ1n) is 10.6. The first kappa shape index (κ1) is 21.0. The maximum Gasteiger partial charge on any atom is 0.273 e. The normalized spacial score (nSPS) is 21.6. The van der Waals surface area contributed by atoms with Gasteiger partial charge in [-0.15, -0.1) is 11.3 Å². The van der Waals surface area contributed by atoms with Crippen molar-refractivity contribution < 1.29 is 19.2 Å². The number of likely N-dealkylation sites (tertiary alicyclic amines) is 1. The second kappa shape index (κ2) is 9.72. The summed E-state index contributed by atoms with van der Waals surface area (Å²) in [6, 6.07) is 5.69. The van der Waals surface area contributed by atoms with Crippen molar-refractivity contribution in [3.63, 3.8) is 0 Å². The lowest BCUT2D eigenvalue weighted by Crippen LogP contribution is -2.57. The van der Waals surface area contributed by atoms with Gasteiger partial charge in [-0.1, -0.05) is 17.6 Å². The molecule has 1 aliphatic carbocycles. The third-order valence-corrected chi connectivity index (χ3v) is 6.62. The number of carbonyl (C=O) groups excluding carboxylic acids is 2. The molecule has 2 aromatic rings. The lowest BCUT2D eigenvalue weighted by molar-refractivity contribution is -0.132. The zero-order valence-electron chi connectivity index (χ0n) is 16.9. The van der Waals surface area contributed by atoms with E-state index in [-0.39, 0.29) is 29.9 Å². The van der Waals surface area contributed by atoms with Crippen LogP contribution >= 0.6 is 11.3 Å². The zero-order chi connectivity index (χ0) is 20.9. The first-order valence-corrected chi connectivity index (χ1v) is 11.5. The number of aliphatic hydroxyl groups is 1. The average Bonchev–Trinajstić information content (AvgIpc) is 3.35. The Morgan fingerprint density at radius 2 is 2.10 bits per heavy atom. The van der Waals surface area contributed by atoms with Crippen molar-refractivity contribution in [1.82, 2.24) is 20.7 Å². The van der Waals surface area contributed by atoms with Crippen LogP contribution in [0.2, 0.25) is 0 Å². The van der Waals surface area contributed by atoms with Gasteiger partial charge in [0.2, 0.25) is 5.91 Å². The van der Waals surface area contributed by atoms with Crippen LogP contribution in [0.25, 0.3) is 10.6 Å². The maximum atomic E-state index is 12.2. The summed E-state index contributed by atoms with van der Waals surface area (Å²) in [4.78, 5) is 27.5. The number of aromatic nitrogens is 1. The number of rotatable bonds is 10. The van der Waals surface area contributed by atoms with Crippen LogP contribution in [0.4, 0.5) is 0 Å². The van der Waals surface area contributed by atoms with Crippen molar-refractivity contribution >= 4 is 23.2 Å². The highest BCUT2D eigenvalue weighted by molar-refractivity contribution is 7.13. The molecule has 8 nitrogen and oxygen atoms in total. The van der Waals surface area contributed by atoms with E-state index in [9.17, 15) is 14.7 Å². The Balaban J connectivity index is 1.03. The number of hydrogen-bond donors (Lipinski definition) is 3. The number of carbonyl (C=O) groups is 2. The van der Waals surface area contributed by atoms with E-state index >= 15 is 0 Å². The number of hydrogen-bond acceptors (Lipinski definition) is 7. The SMILES string of the molecule is O=C(NCCCCCN1CC(C(=O)N[C@H]2C[C@H](O)C2)C1)c1cc(-c2cccs2)on1. The average molecular weight is 433 g/mol. The molecule has 162 valence electrons. The summed E-state index contributed by atoms with van der Waals surface area (Å²) < 4.78 is 5.24. The Hall–Kier alpha value is -2.23. The van der Waals surface area contributed by atoms with Gasteiger partial charge in [-0.05, 0) is 43.7 Å². The van der Waals surface area contributed by atoms with Crippen molar-refractivity contribution in [1.29, 1.82) is 0 Å². The number of nitrogens with zero attached hydrogens (tertiary/aromatic N) is 2. The quantitative estimate of drug-likeness (QED) is 0.495. The van der Waals surface area contributed by atoms with Crippen molar-refractivity contribution in [3.8, 4) is 10.6 Å². The fraction of sp³-hybridized carbons (Fsp3) is 0.571. The van der Waals surface area contributed by atoms with Gasteiger partial charge in [-0.2, -0.15) is 0 Å². The van der Waals surface area contributed by atoms with Gasteiger partial charge in [0.25, 0.3) is 5.91 Å². The van der Waals surface area contributed by atoms with E-state index in [1.165, 1.54) is 0 Å². The highest BCUT2D eigenvalue weighted by Crippen LogP contribution is 2.25. The van der Waals surface area contributed by atoms with E-state index in [1.54, 1.807) is 17.4 Å². The molecule has 30 heavy (non-hydrogen) atoms. The molecule has 2 amide bonds. The number of amides is 2. The predicted octanol–water partition coefficient (Wildman–Crippen LogP) is 1.87. The molecule has 0 atom stereocenters. The van der Waals surface area contributed by atoms with Gasteiger partial charge in [0.05, 0.1) is 16.9 Å². The highest BCUT2D eigenvalue weighted by atomic mass is 32.1. The molecule has 0 spiro atoms. The first-order chi connectivity index (χ1) is 14.6. The van der Waals surface area contributed by atoms with Crippen LogP contribution in [0.3, 0.4) is 0 Å². The number of unbranched alkanes of at least 4 members (excludes halogenated alkanes) is 2. The van der Waals surface area contributed by atoms with Gasteiger partial charge in [0, 0.05) is 31.7 Å². The van der Waals surface area contributed by atoms with Gasteiger partial charge < -0.3 is 25.2 Å². The molecule has 4 rings (SSSR count). The predicted molar refractivity (Wildman–Crippen MR) is 113 cm³/mol. The van der Waals surface area contributed by atoms with Crippen LogP contribution in [0.1, 0.15) is 42.6 Å². The van der Waals surface area contributed by atoms with Gasteiger partial charge in [0.1, 0.15) is 0 Å². The van der Waals surface area contributed by atoms with E-state index < -0.39 is 0 Å². The Morgan fingerprint density at radius 1 is 1.27 bits per heavy atom. The maximum absolute atomic E-state index is 12.2. The molecular formula is C21H28N4O4S. The number of thiophene rings is 1. The summed E-state index contributed by atoms with van der Waals surface area (Å²) in [6.45, 7) is 3.22. The second-order valence-corrected chi connectivity index (χ2v) is 9.11. The van der Waals surface area contributed by atoms with Crippen LogP contribution in [0, 0.1) is 5.92 Å². The minimum absolute atomic E-state index is 0.0866. The summed E-state index contributed by atoms with van der Waals surface area (Å²) in [5.41, 5.74) is 0.305. The Labute approximate surface area is 179 Å². The van der Waals surface area contributed by atoms with Crippen LogP contribution < -0.4 is 10.6 Å². The fourth-order valence-corrected chi connectivity index (χ4v) is 4.46. The van der Waals surface area contributed by atoms with Crippen LogP contribution in [-0.4, -0.2) is 65.3 Å². The van der Waals surface area contributed by atoms with E-state index in [1.807, 2.05) is 17.5 Å². The fourth-order valence-electron chi connectivity index (χ4n) is 3.79. The molecule has 1 saturated carbocycles. The van der Waals surface area contributed by atoms with Gasteiger partial charge in [-0.25, -0.2) is 0 Å². The minimum atomic E-state index is -0.238.